The predicted molar refractivity (Wildman–Crippen MR) is 137 cm³/mol. The average molecular weight is 475 g/mol. The number of hydrogen-bond acceptors (Lipinski definition) is 4. The van der Waals surface area contributed by atoms with Crippen LogP contribution in [0.2, 0.25) is 0 Å². The van der Waals surface area contributed by atoms with Gasteiger partial charge in [0, 0.05) is 19.5 Å². The molecule has 35 heavy (non-hydrogen) atoms. The fraction of sp³-hybridized carbons (Fsp3) is 0.310. The third-order valence-electron chi connectivity index (χ3n) is 5.84. The molecule has 0 aliphatic rings. The van der Waals surface area contributed by atoms with Crippen molar-refractivity contribution in [1.29, 1.82) is 0 Å². The Morgan fingerprint density at radius 1 is 0.914 bits per heavy atom. The van der Waals surface area contributed by atoms with Gasteiger partial charge in [0.1, 0.15) is 6.04 Å². The molecular formula is C29H34N2O4. The fourth-order valence-electron chi connectivity index (χ4n) is 3.85. The molecule has 0 saturated carbocycles. The number of aryl methyl sites for hydroxylation is 1. The summed E-state index contributed by atoms with van der Waals surface area (Å²) in [5, 5.41) is 2.99. The summed E-state index contributed by atoms with van der Waals surface area (Å²) >= 11 is 0. The second-order valence-electron chi connectivity index (χ2n) is 8.38. The summed E-state index contributed by atoms with van der Waals surface area (Å²) in [6.07, 6.45) is 1.22. The van der Waals surface area contributed by atoms with E-state index in [9.17, 15) is 9.59 Å². The van der Waals surface area contributed by atoms with Crippen molar-refractivity contribution >= 4 is 11.8 Å². The summed E-state index contributed by atoms with van der Waals surface area (Å²) in [4.78, 5) is 28.6. The van der Waals surface area contributed by atoms with Gasteiger partial charge in [-0.1, -0.05) is 73.7 Å². The molecule has 0 bridgehead atoms. The van der Waals surface area contributed by atoms with Crippen LogP contribution in [0, 0.1) is 6.92 Å². The van der Waals surface area contributed by atoms with Gasteiger partial charge in [-0.15, -0.1) is 0 Å². The van der Waals surface area contributed by atoms with E-state index in [1.807, 2.05) is 80.6 Å². The first-order chi connectivity index (χ1) is 17.0. The van der Waals surface area contributed by atoms with Crippen LogP contribution in [0.3, 0.4) is 0 Å². The molecule has 6 nitrogen and oxygen atoms in total. The van der Waals surface area contributed by atoms with Gasteiger partial charge in [-0.3, -0.25) is 9.59 Å². The third kappa shape index (κ3) is 7.34. The van der Waals surface area contributed by atoms with Gasteiger partial charge in [0.25, 0.3) is 5.91 Å². The van der Waals surface area contributed by atoms with E-state index in [-0.39, 0.29) is 18.4 Å². The lowest BCUT2D eigenvalue weighted by Gasteiger charge is -2.32. The zero-order chi connectivity index (χ0) is 25.0. The molecule has 0 saturated heterocycles. The molecule has 0 aromatic heterocycles. The Labute approximate surface area is 207 Å². The highest BCUT2D eigenvalue weighted by molar-refractivity contribution is 5.88. The van der Waals surface area contributed by atoms with Gasteiger partial charge in [-0.25, -0.2) is 0 Å². The first kappa shape index (κ1) is 25.8. The molecular weight excluding hydrogens is 440 g/mol. The van der Waals surface area contributed by atoms with Gasteiger partial charge in [0.2, 0.25) is 5.91 Å². The first-order valence-electron chi connectivity index (χ1n) is 11.9. The summed E-state index contributed by atoms with van der Waals surface area (Å²) in [6, 6.07) is 24.2. The van der Waals surface area contributed by atoms with Crippen molar-refractivity contribution in [3.63, 3.8) is 0 Å². The molecule has 0 spiro atoms. The molecule has 0 aliphatic heterocycles. The van der Waals surface area contributed by atoms with Crippen LogP contribution < -0.4 is 14.8 Å². The molecule has 0 aliphatic carbocycles. The maximum Gasteiger partial charge on any atom is 0.261 e. The summed E-state index contributed by atoms with van der Waals surface area (Å²) in [7, 11) is 1.56. The number of ether oxygens (including phenoxy) is 2. The second kappa shape index (κ2) is 13.2. The quantitative estimate of drug-likeness (QED) is 0.418. The molecule has 0 radical (unpaired) electrons. The van der Waals surface area contributed by atoms with Crippen LogP contribution in [-0.2, 0) is 22.6 Å². The number of carbonyl (C=O) groups is 2. The number of amides is 2. The lowest BCUT2D eigenvalue weighted by atomic mass is 10.0. The highest BCUT2D eigenvalue weighted by Crippen LogP contribution is 2.26. The van der Waals surface area contributed by atoms with Crippen molar-refractivity contribution in [1.82, 2.24) is 10.2 Å². The Bertz CT molecular complexity index is 1100. The van der Waals surface area contributed by atoms with Crippen LogP contribution in [0.5, 0.6) is 11.5 Å². The van der Waals surface area contributed by atoms with E-state index in [1.165, 1.54) is 0 Å². The van der Waals surface area contributed by atoms with E-state index in [1.54, 1.807) is 24.1 Å². The zero-order valence-corrected chi connectivity index (χ0v) is 20.7. The molecule has 1 N–H and O–H groups in total. The summed E-state index contributed by atoms with van der Waals surface area (Å²) < 4.78 is 11.2. The Morgan fingerprint density at radius 2 is 1.57 bits per heavy atom. The normalized spacial score (nSPS) is 11.4. The molecule has 3 rings (SSSR count). The Balaban J connectivity index is 1.91. The zero-order valence-electron chi connectivity index (χ0n) is 20.7. The fourth-order valence-corrected chi connectivity index (χ4v) is 3.85. The number of hydrogen-bond donors (Lipinski definition) is 1. The summed E-state index contributed by atoms with van der Waals surface area (Å²) in [6.45, 7) is 4.65. The summed E-state index contributed by atoms with van der Waals surface area (Å²) in [5.74, 6) is 0.586. The molecule has 1 atom stereocenters. The Morgan fingerprint density at radius 3 is 2.26 bits per heavy atom. The highest BCUT2D eigenvalue weighted by atomic mass is 16.5. The Kier molecular flexibility index (Phi) is 9.72. The van der Waals surface area contributed by atoms with Crippen LogP contribution in [0.25, 0.3) is 0 Å². The first-order valence-corrected chi connectivity index (χ1v) is 11.9. The van der Waals surface area contributed by atoms with E-state index < -0.39 is 6.04 Å². The standard InChI is InChI=1S/C29H34N2O4/c1-4-18-30-29(33)25(19-23-13-6-5-7-14-23)31(20-24-15-9-8-12-22(24)2)28(32)21-35-27-17-11-10-16-26(27)34-3/h5-17,25H,4,18-21H2,1-3H3,(H,30,33). The molecule has 0 heterocycles. The topological polar surface area (TPSA) is 67.9 Å². The number of benzene rings is 3. The van der Waals surface area contributed by atoms with E-state index >= 15 is 0 Å². The average Bonchev–Trinajstić information content (AvgIpc) is 2.89. The monoisotopic (exact) mass is 474 g/mol. The van der Waals surface area contributed by atoms with E-state index in [0.29, 0.717) is 31.0 Å². The van der Waals surface area contributed by atoms with Crippen LogP contribution in [-0.4, -0.2) is 43.0 Å². The Hall–Kier alpha value is -3.80. The van der Waals surface area contributed by atoms with E-state index in [2.05, 4.69) is 5.32 Å². The molecule has 184 valence electrons. The van der Waals surface area contributed by atoms with Crippen LogP contribution in [0.1, 0.15) is 30.0 Å². The predicted octanol–water partition coefficient (Wildman–Crippen LogP) is 4.55. The minimum atomic E-state index is -0.683. The number of carbonyl (C=O) groups excluding carboxylic acids is 2. The van der Waals surface area contributed by atoms with E-state index in [4.69, 9.17) is 9.47 Å². The van der Waals surface area contributed by atoms with Crippen LogP contribution in [0.15, 0.2) is 78.9 Å². The van der Waals surface area contributed by atoms with Gasteiger partial charge in [0.15, 0.2) is 18.1 Å². The maximum atomic E-state index is 13.6. The maximum absolute atomic E-state index is 13.6. The largest absolute Gasteiger partial charge is 0.493 e. The molecule has 3 aromatic carbocycles. The number of nitrogens with zero attached hydrogens (tertiary/aromatic N) is 1. The molecule has 6 heteroatoms. The van der Waals surface area contributed by atoms with Gasteiger partial charge in [0.05, 0.1) is 7.11 Å². The molecule has 2 amide bonds. The van der Waals surface area contributed by atoms with Crippen molar-refractivity contribution in [2.24, 2.45) is 0 Å². The van der Waals surface area contributed by atoms with Crippen LogP contribution in [0.4, 0.5) is 0 Å². The molecule has 0 fully saturated rings. The van der Waals surface area contributed by atoms with Crippen molar-refractivity contribution in [3.05, 3.63) is 95.6 Å². The smallest absolute Gasteiger partial charge is 0.261 e. The van der Waals surface area contributed by atoms with Gasteiger partial charge in [-0.2, -0.15) is 0 Å². The van der Waals surface area contributed by atoms with Gasteiger partial charge >= 0.3 is 0 Å². The highest BCUT2D eigenvalue weighted by Gasteiger charge is 2.31. The van der Waals surface area contributed by atoms with Crippen molar-refractivity contribution in [2.45, 2.75) is 39.3 Å². The lowest BCUT2D eigenvalue weighted by Crippen LogP contribution is -2.51. The van der Waals surface area contributed by atoms with Crippen LogP contribution >= 0.6 is 0 Å². The van der Waals surface area contributed by atoms with Crippen molar-refractivity contribution in [2.75, 3.05) is 20.3 Å². The SMILES string of the molecule is CCCNC(=O)C(Cc1ccccc1)N(Cc1ccccc1C)C(=O)COc1ccccc1OC. The minimum Gasteiger partial charge on any atom is -0.493 e. The van der Waals surface area contributed by atoms with Crippen molar-refractivity contribution in [3.8, 4) is 11.5 Å². The van der Waals surface area contributed by atoms with E-state index in [0.717, 1.165) is 23.1 Å². The number of para-hydroxylation sites is 2. The third-order valence-corrected chi connectivity index (χ3v) is 5.84. The van der Waals surface area contributed by atoms with Gasteiger partial charge in [-0.05, 0) is 42.2 Å². The number of methoxy groups -OCH3 is 1. The molecule has 1 unspecified atom stereocenters. The second-order valence-corrected chi connectivity index (χ2v) is 8.38. The summed E-state index contributed by atoms with van der Waals surface area (Å²) in [5.41, 5.74) is 3.03. The number of rotatable bonds is 12. The van der Waals surface area contributed by atoms with Crippen molar-refractivity contribution < 1.29 is 19.1 Å². The lowest BCUT2D eigenvalue weighted by molar-refractivity contribution is -0.142. The van der Waals surface area contributed by atoms with Gasteiger partial charge < -0.3 is 19.7 Å². The minimum absolute atomic E-state index is 0.171. The number of nitrogens with one attached hydrogen (secondary N) is 1. The molecule has 3 aromatic rings.